The topological polar surface area (TPSA) is 65.8 Å². The van der Waals surface area contributed by atoms with Gasteiger partial charge >= 0.3 is 0 Å². The summed E-state index contributed by atoms with van der Waals surface area (Å²) in [7, 11) is 3.77. The van der Waals surface area contributed by atoms with E-state index in [4.69, 9.17) is 0 Å². The number of para-hydroxylation sites is 1. The summed E-state index contributed by atoms with van der Waals surface area (Å²) in [6.07, 6.45) is 5.66. The molecule has 7 heteroatoms. The highest BCUT2D eigenvalue weighted by Gasteiger charge is 2.28. The summed E-state index contributed by atoms with van der Waals surface area (Å²) in [5.74, 6) is 1.57. The van der Waals surface area contributed by atoms with Gasteiger partial charge in [0.1, 0.15) is 0 Å². The van der Waals surface area contributed by atoms with Gasteiger partial charge in [-0.05, 0) is 23.6 Å². The van der Waals surface area contributed by atoms with Gasteiger partial charge < -0.3 is 15.1 Å². The molecule has 1 N–H and O–H groups in total. The van der Waals surface area contributed by atoms with Gasteiger partial charge in [0.2, 0.25) is 5.91 Å². The molecule has 1 fully saturated rings. The molecule has 2 aromatic rings. The van der Waals surface area contributed by atoms with Crippen molar-refractivity contribution >= 4 is 17.6 Å². The Bertz CT molecular complexity index is 858. The minimum Gasteiger partial charge on any atom is -0.354 e. The summed E-state index contributed by atoms with van der Waals surface area (Å²) in [5.41, 5.74) is 3.44. The molecule has 27 heavy (non-hydrogen) atoms. The Morgan fingerprint density at radius 1 is 1.37 bits per heavy atom. The predicted octanol–water partition coefficient (Wildman–Crippen LogP) is 1.37. The van der Waals surface area contributed by atoms with Gasteiger partial charge in [-0.15, -0.1) is 0 Å². The Kier molecular flexibility index (Phi) is 4.83. The van der Waals surface area contributed by atoms with Crippen molar-refractivity contribution in [2.75, 3.05) is 38.1 Å². The number of aryl methyl sites for hydroxylation is 1. The molecule has 3 heterocycles. The number of rotatable bonds is 4. The van der Waals surface area contributed by atoms with Gasteiger partial charge in [-0.1, -0.05) is 18.2 Å². The summed E-state index contributed by atoms with van der Waals surface area (Å²) >= 11 is 0. The molecule has 2 aliphatic heterocycles. The summed E-state index contributed by atoms with van der Waals surface area (Å²) in [6, 6.07) is 8.03. The quantitative estimate of drug-likeness (QED) is 0.656. The molecule has 1 amide bonds. The number of hydrogen-bond acceptors (Lipinski definition) is 3. The maximum absolute atomic E-state index is 12.3. The Balaban J connectivity index is 1.32. The first-order chi connectivity index (χ1) is 13.2. The van der Waals surface area contributed by atoms with Crippen LogP contribution in [0, 0.1) is 0 Å². The van der Waals surface area contributed by atoms with Gasteiger partial charge in [0.25, 0.3) is 0 Å². The van der Waals surface area contributed by atoms with Gasteiger partial charge in [-0.25, -0.2) is 0 Å². The van der Waals surface area contributed by atoms with Crippen molar-refractivity contribution in [3.05, 3.63) is 47.8 Å². The predicted molar refractivity (Wildman–Crippen MR) is 106 cm³/mol. The highest BCUT2D eigenvalue weighted by molar-refractivity contribution is 6.01. The first-order valence-corrected chi connectivity index (χ1v) is 9.48. The molecule has 0 saturated carbocycles. The minimum atomic E-state index is 0.172. The fourth-order valence-electron chi connectivity index (χ4n) is 4.05. The molecule has 0 spiro atoms. The number of nitrogens with one attached hydrogen (secondary N) is 1. The smallest absolute Gasteiger partial charge is 0.231 e. The molecule has 1 aromatic heterocycles. The monoisotopic (exact) mass is 366 g/mol. The van der Waals surface area contributed by atoms with Crippen LogP contribution in [0.15, 0.2) is 41.7 Å². The van der Waals surface area contributed by atoms with Gasteiger partial charge in [-0.2, -0.15) is 5.10 Å². The Morgan fingerprint density at radius 2 is 2.22 bits per heavy atom. The molecule has 7 nitrogen and oxygen atoms in total. The van der Waals surface area contributed by atoms with Crippen LogP contribution in [-0.2, 0) is 18.3 Å². The van der Waals surface area contributed by atoms with E-state index in [0.717, 1.165) is 36.7 Å². The molecular formula is C20H26N6O. The number of hydrogen-bond donors (Lipinski definition) is 1. The van der Waals surface area contributed by atoms with Gasteiger partial charge in [0, 0.05) is 58.1 Å². The van der Waals surface area contributed by atoms with E-state index in [1.807, 2.05) is 54.1 Å². The highest BCUT2D eigenvalue weighted by atomic mass is 16.2. The zero-order chi connectivity index (χ0) is 18.8. The van der Waals surface area contributed by atoms with Crippen LogP contribution < -0.4 is 10.2 Å². The van der Waals surface area contributed by atoms with Crippen molar-refractivity contribution in [3.8, 4) is 0 Å². The Hall–Kier alpha value is -2.83. The van der Waals surface area contributed by atoms with Crippen molar-refractivity contribution in [3.63, 3.8) is 0 Å². The first-order valence-electron chi connectivity index (χ1n) is 9.48. The fraction of sp³-hybridized carbons (Fsp3) is 0.450. The lowest BCUT2D eigenvalue weighted by Gasteiger charge is -2.23. The number of carbonyl (C=O) groups is 1. The molecule has 1 saturated heterocycles. The van der Waals surface area contributed by atoms with Gasteiger partial charge in [-0.3, -0.25) is 14.5 Å². The Morgan fingerprint density at radius 3 is 3.00 bits per heavy atom. The number of likely N-dealkylation sites (tertiary alicyclic amines) is 1. The zero-order valence-electron chi connectivity index (χ0n) is 15.9. The van der Waals surface area contributed by atoms with Crippen molar-refractivity contribution in [2.45, 2.75) is 18.8 Å². The van der Waals surface area contributed by atoms with Crippen LogP contribution in [0.2, 0.25) is 0 Å². The summed E-state index contributed by atoms with van der Waals surface area (Å²) in [5, 5.41) is 7.71. The number of anilines is 1. The number of aliphatic imine (C=N–C) groups is 1. The van der Waals surface area contributed by atoms with E-state index in [0.29, 0.717) is 25.4 Å². The number of nitrogens with zero attached hydrogens (tertiary/aromatic N) is 5. The summed E-state index contributed by atoms with van der Waals surface area (Å²) in [6.45, 7) is 3.25. The number of aromatic nitrogens is 2. The second-order valence-corrected chi connectivity index (χ2v) is 7.20. The van der Waals surface area contributed by atoms with E-state index < -0.39 is 0 Å². The lowest BCUT2D eigenvalue weighted by molar-refractivity contribution is -0.117. The molecule has 1 unspecified atom stereocenters. The van der Waals surface area contributed by atoms with Crippen LogP contribution in [0.1, 0.15) is 23.5 Å². The average molecular weight is 366 g/mol. The standard InChI is InChI=1S/C20H26N6O/c1-21-20(25-9-7-16(14-25)17-12-23-24(2)13-17)22-8-10-26-18-6-4-3-5-15(18)11-19(26)27/h3-6,12-13,16H,7-11,14H2,1-2H3,(H,21,22). The minimum absolute atomic E-state index is 0.172. The van der Waals surface area contributed by atoms with Gasteiger partial charge in [0.15, 0.2) is 5.96 Å². The van der Waals surface area contributed by atoms with Crippen LogP contribution in [0.25, 0.3) is 0 Å². The van der Waals surface area contributed by atoms with Crippen LogP contribution in [0.5, 0.6) is 0 Å². The Labute approximate surface area is 159 Å². The summed E-state index contributed by atoms with van der Waals surface area (Å²) in [4.78, 5) is 20.9. The molecule has 1 aromatic carbocycles. The maximum atomic E-state index is 12.3. The molecule has 0 radical (unpaired) electrons. The van der Waals surface area contributed by atoms with Crippen molar-refractivity contribution in [2.24, 2.45) is 12.0 Å². The maximum Gasteiger partial charge on any atom is 0.231 e. The summed E-state index contributed by atoms with van der Waals surface area (Å²) < 4.78 is 1.86. The third-order valence-electron chi connectivity index (χ3n) is 5.44. The van der Waals surface area contributed by atoms with Crippen molar-refractivity contribution in [1.82, 2.24) is 20.0 Å². The van der Waals surface area contributed by atoms with E-state index in [1.165, 1.54) is 5.56 Å². The number of benzene rings is 1. The third kappa shape index (κ3) is 3.54. The molecule has 0 bridgehead atoms. The zero-order valence-corrected chi connectivity index (χ0v) is 15.9. The molecule has 1 atom stereocenters. The second kappa shape index (κ2) is 7.42. The number of amides is 1. The van der Waals surface area contributed by atoms with Crippen LogP contribution in [0.4, 0.5) is 5.69 Å². The number of fused-ring (bicyclic) bond motifs is 1. The fourth-order valence-corrected chi connectivity index (χ4v) is 4.05. The second-order valence-electron chi connectivity index (χ2n) is 7.20. The molecule has 2 aliphatic rings. The van der Waals surface area contributed by atoms with Crippen LogP contribution in [-0.4, -0.2) is 59.8 Å². The van der Waals surface area contributed by atoms with E-state index >= 15 is 0 Å². The van der Waals surface area contributed by atoms with Crippen molar-refractivity contribution in [1.29, 1.82) is 0 Å². The third-order valence-corrected chi connectivity index (χ3v) is 5.44. The van der Waals surface area contributed by atoms with Crippen LogP contribution >= 0.6 is 0 Å². The lowest BCUT2D eigenvalue weighted by atomic mass is 10.0. The van der Waals surface area contributed by atoms with E-state index in [-0.39, 0.29) is 5.91 Å². The number of guanidine groups is 1. The van der Waals surface area contributed by atoms with E-state index in [1.54, 1.807) is 0 Å². The highest BCUT2D eigenvalue weighted by Crippen LogP contribution is 2.28. The molecular weight excluding hydrogens is 340 g/mol. The largest absolute Gasteiger partial charge is 0.354 e. The molecule has 4 rings (SSSR count). The van der Waals surface area contributed by atoms with Gasteiger partial charge in [0.05, 0.1) is 12.6 Å². The van der Waals surface area contributed by atoms with E-state index in [2.05, 4.69) is 26.5 Å². The van der Waals surface area contributed by atoms with Crippen molar-refractivity contribution < 1.29 is 4.79 Å². The normalized spacial score (nSPS) is 19.7. The molecule has 0 aliphatic carbocycles. The SMILES string of the molecule is CN=C(NCCN1C(=O)Cc2ccccc21)N1CCC(c2cnn(C)c2)C1. The first kappa shape index (κ1) is 17.6. The lowest BCUT2D eigenvalue weighted by Crippen LogP contribution is -2.43. The molecule has 142 valence electrons. The average Bonchev–Trinajstić information content (AvgIpc) is 3.38. The van der Waals surface area contributed by atoms with E-state index in [9.17, 15) is 4.79 Å². The van der Waals surface area contributed by atoms with Crippen LogP contribution in [0.3, 0.4) is 0 Å². The number of carbonyl (C=O) groups excluding carboxylic acids is 1.